The first kappa shape index (κ1) is 36.8. The zero-order valence-electron chi connectivity index (χ0n) is 30.7. The largest absolute Gasteiger partial charge is 0.372 e. The number of anilines is 2. The molecule has 1 aromatic carbocycles. The van der Waals surface area contributed by atoms with E-state index >= 15 is 0 Å². The van der Waals surface area contributed by atoms with Crippen molar-refractivity contribution in [3.63, 3.8) is 0 Å². The van der Waals surface area contributed by atoms with Crippen LogP contribution in [0.25, 0.3) is 15.9 Å². The van der Waals surface area contributed by atoms with Gasteiger partial charge in [-0.1, -0.05) is 24.6 Å². The number of nitrogens with zero attached hydrogens (tertiary/aromatic N) is 8. The molecule has 1 amide bonds. The molecule has 3 aliphatic rings. The molecule has 12 nitrogen and oxygen atoms in total. The average molecular weight is 737 g/mol. The second kappa shape index (κ2) is 16.6. The number of aryl methyl sites for hydroxylation is 1. The number of carbonyl (C=O) groups is 1. The number of pyridine rings is 2. The number of fused-ring (bicyclic) bond motifs is 1. The summed E-state index contributed by atoms with van der Waals surface area (Å²) in [6.45, 7) is 17.2. The van der Waals surface area contributed by atoms with E-state index in [2.05, 4.69) is 63.0 Å². The average Bonchev–Trinajstić information content (AvgIpc) is 3.18. The van der Waals surface area contributed by atoms with Gasteiger partial charge in [-0.15, -0.1) is 10.2 Å². The molecular weight excluding hydrogens is 688 g/mol. The number of H-pyrrole nitrogens is 1. The first-order valence-corrected chi connectivity index (χ1v) is 19.4. The predicted molar refractivity (Wildman–Crippen MR) is 210 cm³/mol. The number of hydrogen-bond donors (Lipinski definition) is 2. The smallest absolute Gasteiger partial charge is 0.272 e. The van der Waals surface area contributed by atoms with Crippen LogP contribution in [0.3, 0.4) is 0 Å². The number of aromatic amines is 1. The number of aromatic nitrogens is 4. The fourth-order valence-corrected chi connectivity index (χ4v) is 8.33. The highest BCUT2D eigenvalue weighted by Crippen LogP contribution is 2.33. The van der Waals surface area contributed by atoms with Crippen molar-refractivity contribution in [3.05, 3.63) is 92.3 Å². The maximum Gasteiger partial charge on any atom is 0.272 e. The molecule has 0 bridgehead atoms. The summed E-state index contributed by atoms with van der Waals surface area (Å²) in [5, 5.41) is 12.4. The number of amides is 1. The van der Waals surface area contributed by atoms with E-state index in [1.807, 2.05) is 37.4 Å². The lowest BCUT2D eigenvalue weighted by Crippen LogP contribution is -2.48. The third kappa shape index (κ3) is 8.81. The van der Waals surface area contributed by atoms with Crippen molar-refractivity contribution < 1.29 is 4.79 Å². The van der Waals surface area contributed by atoms with Gasteiger partial charge in [-0.25, -0.2) is 4.85 Å². The van der Waals surface area contributed by atoms with Gasteiger partial charge in [-0.3, -0.25) is 19.5 Å². The Hall–Kier alpha value is -4.57. The Kier molecular flexibility index (Phi) is 11.5. The number of rotatable bonds is 10. The van der Waals surface area contributed by atoms with Gasteiger partial charge in [0, 0.05) is 94.0 Å². The van der Waals surface area contributed by atoms with E-state index < -0.39 is 0 Å². The maximum absolute atomic E-state index is 13.1. The van der Waals surface area contributed by atoms with Crippen molar-refractivity contribution in [3.8, 4) is 0 Å². The molecule has 3 aromatic heterocycles. The molecule has 7 rings (SSSR count). The van der Waals surface area contributed by atoms with Crippen LogP contribution in [-0.4, -0.2) is 101 Å². The summed E-state index contributed by atoms with van der Waals surface area (Å²) in [4.78, 5) is 46.0. The minimum absolute atomic E-state index is 0.0201. The van der Waals surface area contributed by atoms with Crippen LogP contribution in [0.15, 0.2) is 53.5 Å². The van der Waals surface area contributed by atoms with Crippen LogP contribution in [0.2, 0.25) is 5.02 Å². The molecule has 1 aliphatic carbocycles. The Labute approximate surface area is 316 Å². The van der Waals surface area contributed by atoms with Gasteiger partial charge in [0.1, 0.15) is 0 Å². The minimum atomic E-state index is -0.169. The van der Waals surface area contributed by atoms with Crippen LogP contribution in [-0.2, 0) is 13.0 Å². The van der Waals surface area contributed by atoms with Crippen LogP contribution in [0.1, 0.15) is 67.1 Å². The topological polar surface area (TPSA) is 118 Å². The Morgan fingerprint density at radius 2 is 1.74 bits per heavy atom. The highest BCUT2D eigenvalue weighted by Gasteiger charge is 2.28. The molecule has 0 atom stereocenters. The third-order valence-corrected chi connectivity index (χ3v) is 11.8. The van der Waals surface area contributed by atoms with Gasteiger partial charge in [0.2, 0.25) is 5.69 Å². The molecule has 0 spiro atoms. The SMILES string of the molecule is [C-]#[N+]c1ccc(N(C)C2CCC(NC(=O)c3ccc(N4CCC(CN5CCN(Cc6cnc7cc(CC)c(=O)[nH]c7c6)CC5)CC4)nn3)CC2)cc1Cl. The molecule has 3 fully saturated rings. The van der Waals surface area contributed by atoms with Crippen molar-refractivity contribution in [2.45, 2.75) is 70.5 Å². The van der Waals surface area contributed by atoms with Crippen molar-refractivity contribution in [2.24, 2.45) is 5.92 Å². The quantitative estimate of drug-likeness (QED) is 0.198. The molecule has 2 saturated heterocycles. The molecule has 1 saturated carbocycles. The number of carbonyl (C=O) groups excluding carboxylic acids is 1. The number of benzene rings is 1. The van der Waals surface area contributed by atoms with Gasteiger partial charge in [-0.2, -0.15) is 0 Å². The van der Waals surface area contributed by atoms with Crippen LogP contribution < -0.4 is 20.7 Å². The number of halogens is 1. The van der Waals surface area contributed by atoms with Crippen molar-refractivity contribution in [2.75, 3.05) is 62.7 Å². The van der Waals surface area contributed by atoms with E-state index in [-0.39, 0.29) is 17.5 Å². The first-order chi connectivity index (χ1) is 25.8. The van der Waals surface area contributed by atoms with Crippen LogP contribution in [0, 0.1) is 12.5 Å². The molecule has 4 aromatic rings. The van der Waals surface area contributed by atoms with Crippen LogP contribution >= 0.6 is 11.6 Å². The Morgan fingerprint density at radius 3 is 2.42 bits per heavy atom. The summed E-state index contributed by atoms with van der Waals surface area (Å²) >= 11 is 6.27. The lowest BCUT2D eigenvalue weighted by molar-refractivity contribution is 0.0919. The molecule has 2 N–H and O–H groups in total. The fourth-order valence-electron chi connectivity index (χ4n) is 8.11. The molecule has 13 heteroatoms. The van der Waals surface area contributed by atoms with Crippen molar-refractivity contribution >= 4 is 45.7 Å². The number of piperidine rings is 1. The molecule has 5 heterocycles. The zero-order chi connectivity index (χ0) is 36.9. The molecule has 53 heavy (non-hydrogen) atoms. The first-order valence-electron chi connectivity index (χ1n) is 19.0. The van der Waals surface area contributed by atoms with Gasteiger partial charge in [0.25, 0.3) is 11.5 Å². The molecule has 0 radical (unpaired) electrons. The van der Waals surface area contributed by atoms with Gasteiger partial charge < -0.3 is 25.0 Å². The summed E-state index contributed by atoms with van der Waals surface area (Å²) < 4.78 is 0. The normalized spacial score (nSPS) is 20.3. The van der Waals surface area contributed by atoms with E-state index in [4.69, 9.17) is 18.2 Å². The monoisotopic (exact) mass is 736 g/mol. The van der Waals surface area contributed by atoms with Crippen LogP contribution in [0.5, 0.6) is 0 Å². The number of piperazine rings is 1. The van der Waals surface area contributed by atoms with E-state index in [9.17, 15) is 9.59 Å². The predicted octanol–water partition coefficient (Wildman–Crippen LogP) is 5.69. The van der Waals surface area contributed by atoms with Gasteiger partial charge in [0.05, 0.1) is 17.6 Å². The summed E-state index contributed by atoms with van der Waals surface area (Å²) in [7, 11) is 2.06. The highest BCUT2D eigenvalue weighted by atomic mass is 35.5. The summed E-state index contributed by atoms with van der Waals surface area (Å²) in [6, 6.07) is 13.7. The standard InChI is InChI=1S/C40H49ClN10O2/c1-4-29-22-36-37(45-39(29)52)21-28(24-43-36)26-50-19-17-49(18-20-50)25-27-13-15-51(16-14-27)38-12-11-35(46-47-38)40(53)44-30-5-7-31(8-6-30)48(3)32-9-10-34(42-2)33(41)23-32/h9-12,21-24,27,30-31H,4-8,13-20,25-26H2,1,3H3,(H,44,53)(H,45,52). The van der Waals surface area contributed by atoms with E-state index in [0.29, 0.717) is 34.8 Å². The Bertz CT molecular complexity index is 1990. The van der Waals surface area contributed by atoms with Crippen molar-refractivity contribution in [1.29, 1.82) is 0 Å². The highest BCUT2D eigenvalue weighted by molar-refractivity contribution is 6.33. The van der Waals surface area contributed by atoms with Gasteiger partial charge in [-0.05, 0) is 92.8 Å². The molecule has 0 unspecified atom stereocenters. The van der Waals surface area contributed by atoms with Gasteiger partial charge in [0.15, 0.2) is 11.5 Å². The molecular formula is C40H49ClN10O2. The summed E-state index contributed by atoms with van der Waals surface area (Å²) in [6.07, 6.45) is 8.55. The number of hydrogen-bond acceptors (Lipinski definition) is 9. The molecule has 2 aliphatic heterocycles. The lowest BCUT2D eigenvalue weighted by Gasteiger charge is -2.39. The minimum Gasteiger partial charge on any atom is -0.372 e. The Balaban J connectivity index is 0.810. The Morgan fingerprint density at radius 1 is 0.981 bits per heavy atom. The van der Waals surface area contributed by atoms with E-state index in [1.165, 1.54) is 0 Å². The van der Waals surface area contributed by atoms with E-state index in [0.717, 1.165) is 125 Å². The maximum atomic E-state index is 13.1. The van der Waals surface area contributed by atoms with Crippen LogP contribution in [0.4, 0.5) is 17.2 Å². The summed E-state index contributed by atoms with van der Waals surface area (Å²) in [5.74, 6) is 1.32. The third-order valence-electron chi connectivity index (χ3n) is 11.5. The second-order valence-corrected chi connectivity index (χ2v) is 15.3. The fraction of sp³-hybridized carbons (Fsp3) is 0.500. The molecule has 278 valence electrons. The zero-order valence-corrected chi connectivity index (χ0v) is 31.5. The van der Waals surface area contributed by atoms with Gasteiger partial charge >= 0.3 is 0 Å². The second-order valence-electron chi connectivity index (χ2n) is 14.9. The van der Waals surface area contributed by atoms with Crippen molar-refractivity contribution in [1.82, 2.24) is 35.3 Å². The summed E-state index contributed by atoms with van der Waals surface area (Å²) in [5.41, 5.74) is 5.36. The lowest BCUT2D eigenvalue weighted by atomic mass is 9.90. The van der Waals surface area contributed by atoms with E-state index in [1.54, 1.807) is 12.1 Å². The number of nitrogens with one attached hydrogen (secondary N) is 2.